The summed E-state index contributed by atoms with van der Waals surface area (Å²) >= 11 is 0. The van der Waals surface area contributed by atoms with Crippen LogP contribution in [0.25, 0.3) is 11.1 Å². The lowest BCUT2D eigenvalue weighted by molar-refractivity contribution is 0.0479. The molecule has 0 spiro atoms. The number of benzene rings is 2. The largest absolute Gasteiger partial charge is 0.391 e. The Morgan fingerprint density at radius 3 is 2.52 bits per heavy atom. The maximum Gasteiger partial charge on any atom is 0.254 e. The van der Waals surface area contributed by atoms with Gasteiger partial charge in [-0.3, -0.25) is 9.48 Å². The molecular formula is C26H29N3O2. The van der Waals surface area contributed by atoms with Gasteiger partial charge in [-0.15, -0.1) is 0 Å². The number of aryl methyl sites for hydroxylation is 3. The Bertz CT molecular complexity index is 1150. The summed E-state index contributed by atoms with van der Waals surface area (Å²) in [6, 6.07) is 12.8. The summed E-state index contributed by atoms with van der Waals surface area (Å²) in [6.45, 7) is 4.78. The van der Waals surface area contributed by atoms with E-state index in [9.17, 15) is 9.90 Å². The number of aromatic nitrogens is 2. The van der Waals surface area contributed by atoms with E-state index >= 15 is 0 Å². The molecule has 5 heteroatoms. The second-order valence-corrected chi connectivity index (χ2v) is 9.11. The zero-order chi connectivity index (χ0) is 21.7. The number of rotatable bonds is 4. The predicted octanol–water partition coefficient (Wildman–Crippen LogP) is 4.16. The molecule has 2 aliphatic rings. The molecule has 2 aromatic carbocycles. The van der Waals surface area contributed by atoms with Crippen molar-refractivity contribution in [1.29, 1.82) is 0 Å². The van der Waals surface area contributed by atoms with E-state index in [1.165, 1.54) is 22.3 Å². The van der Waals surface area contributed by atoms with Gasteiger partial charge in [-0.25, -0.2) is 0 Å². The van der Waals surface area contributed by atoms with E-state index in [1.807, 2.05) is 29.7 Å². The Morgan fingerprint density at radius 1 is 1.10 bits per heavy atom. The standard InChI is InChI=1S/C26H29N3O2/c1-16-11-21-14-29(24-5-4-6-25(24)30)26(31)22(21)13-20(16)12-18-7-9-19(10-8-18)23-15-28(3)27-17(23)2/h7-11,13,15,24-25,30H,4-6,12,14H2,1-3H3/t24-,25-/m0/s1. The fraction of sp³-hybridized carbons (Fsp3) is 0.385. The van der Waals surface area contributed by atoms with Crippen molar-refractivity contribution < 1.29 is 9.90 Å². The van der Waals surface area contributed by atoms with E-state index in [2.05, 4.69) is 48.4 Å². The molecule has 1 aliphatic carbocycles. The Hall–Kier alpha value is -2.92. The summed E-state index contributed by atoms with van der Waals surface area (Å²) in [5.41, 5.74) is 8.87. The van der Waals surface area contributed by atoms with E-state index in [1.54, 1.807) is 0 Å². The van der Waals surface area contributed by atoms with Gasteiger partial charge in [0.2, 0.25) is 0 Å². The Kier molecular flexibility index (Phi) is 4.94. The minimum atomic E-state index is -0.388. The highest BCUT2D eigenvalue weighted by molar-refractivity contribution is 5.99. The van der Waals surface area contributed by atoms with E-state index < -0.39 is 0 Å². The summed E-state index contributed by atoms with van der Waals surface area (Å²) in [7, 11) is 1.94. The van der Waals surface area contributed by atoms with Gasteiger partial charge in [-0.1, -0.05) is 30.3 Å². The monoisotopic (exact) mass is 415 g/mol. The molecule has 5 rings (SSSR count). The van der Waals surface area contributed by atoms with Crippen molar-refractivity contribution in [3.63, 3.8) is 0 Å². The molecule has 160 valence electrons. The normalized spacial score (nSPS) is 20.5. The first-order valence-corrected chi connectivity index (χ1v) is 11.1. The molecule has 3 aromatic rings. The number of hydrogen-bond donors (Lipinski definition) is 1. The van der Waals surface area contributed by atoms with E-state index in [4.69, 9.17) is 0 Å². The zero-order valence-electron chi connectivity index (χ0n) is 18.4. The van der Waals surface area contributed by atoms with Crippen LogP contribution >= 0.6 is 0 Å². The molecule has 0 bridgehead atoms. The van der Waals surface area contributed by atoms with Crippen LogP contribution in [0.1, 0.15) is 57.6 Å². The Labute approximate surface area is 183 Å². The second kappa shape index (κ2) is 7.65. The van der Waals surface area contributed by atoms with Crippen LogP contribution in [0.15, 0.2) is 42.6 Å². The van der Waals surface area contributed by atoms with Crippen molar-refractivity contribution in [3.05, 3.63) is 76.1 Å². The minimum absolute atomic E-state index is 0.0351. The SMILES string of the molecule is Cc1cc2c(cc1Cc1ccc(-c3cn(C)nc3C)cc1)C(=O)N([C@H]1CCC[C@@H]1O)C2. The van der Waals surface area contributed by atoms with E-state index in [-0.39, 0.29) is 18.1 Å². The van der Waals surface area contributed by atoms with Crippen LogP contribution in [-0.4, -0.2) is 37.8 Å². The smallest absolute Gasteiger partial charge is 0.254 e. The third-order valence-electron chi connectivity index (χ3n) is 6.91. The molecule has 2 heterocycles. The van der Waals surface area contributed by atoms with Crippen LogP contribution in [-0.2, 0) is 20.0 Å². The molecule has 5 nitrogen and oxygen atoms in total. The van der Waals surface area contributed by atoms with Crippen molar-refractivity contribution >= 4 is 5.91 Å². The molecule has 0 unspecified atom stereocenters. The lowest BCUT2D eigenvalue weighted by atomic mass is 9.95. The summed E-state index contributed by atoms with van der Waals surface area (Å²) in [6.07, 6.45) is 5.14. The molecule has 1 amide bonds. The number of aliphatic hydroxyl groups is 1. The third-order valence-corrected chi connectivity index (χ3v) is 6.91. The van der Waals surface area contributed by atoms with Crippen molar-refractivity contribution in [3.8, 4) is 11.1 Å². The van der Waals surface area contributed by atoms with E-state index in [0.29, 0.717) is 6.54 Å². The molecule has 0 saturated heterocycles. The molecule has 1 N–H and O–H groups in total. The predicted molar refractivity (Wildman–Crippen MR) is 121 cm³/mol. The van der Waals surface area contributed by atoms with Gasteiger partial charge in [0.15, 0.2) is 0 Å². The highest BCUT2D eigenvalue weighted by Crippen LogP contribution is 2.34. The van der Waals surface area contributed by atoms with Gasteiger partial charge in [0, 0.05) is 30.9 Å². The molecule has 1 aliphatic heterocycles. The molecule has 1 fully saturated rings. The first-order chi connectivity index (χ1) is 14.9. The Morgan fingerprint density at radius 2 is 1.87 bits per heavy atom. The summed E-state index contributed by atoms with van der Waals surface area (Å²) in [5, 5.41) is 14.7. The van der Waals surface area contributed by atoms with Crippen LogP contribution < -0.4 is 0 Å². The first kappa shape index (κ1) is 20.0. The number of hydrogen-bond acceptors (Lipinski definition) is 3. The fourth-order valence-corrected chi connectivity index (χ4v) is 5.20. The fourth-order valence-electron chi connectivity index (χ4n) is 5.20. The highest BCUT2D eigenvalue weighted by Gasteiger charge is 2.38. The van der Waals surface area contributed by atoms with Crippen LogP contribution in [0.5, 0.6) is 0 Å². The lowest BCUT2D eigenvalue weighted by Crippen LogP contribution is -2.40. The summed E-state index contributed by atoms with van der Waals surface area (Å²) in [4.78, 5) is 15.0. The summed E-state index contributed by atoms with van der Waals surface area (Å²) < 4.78 is 1.84. The number of aliphatic hydroxyl groups excluding tert-OH is 1. The topological polar surface area (TPSA) is 58.4 Å². The maximum absolute atomic E-state index is 13.1. The van der Waals surface area contributed by atoms with Crippen molar-refractivity contribution in [2.24, 2.45) is 7.05 Å². The number of fused-ring (bicyclic) bond motifs is 1. The summed E-state index contributed by atoms with van der Waals surface area (Å²) in [5.74, 6) is 0.0737. The number of carbonyl (C=O) groups is 1. The van der Waals surface area contributed by atoms with E-state index in [0.717, 1.165) is 48.1 Å². The molecule has 1 saturated carbocycles. The first-order valence-electron chi connectivity index (χ1n) is 11.1. The van der Waals surface area contributed by atoms with Crippen molar-refractivity contribution in [2.45, 2.75) is 58.2 Å². The number of carbonyl (C=O) groups excluding carboxylic acids is 1. The van der Waals surface area contributed by atoms with Gasteiger partial charge in [0.1, 0.15) is 0 Å². The van der Waals surface area contributed by atoms with Crippen LogP contribution in [0.3, 0.4) is 0 Å². The Balaban J connectivity index is 1.37. The molecule has 0 radical (unpaired) electrons. The van der Waals surface area contributed by atoms with Crippen molar-refractivity contribution in [1.82, 2.24) is 14.7 Å². The zero-order valence-corrected chi connectivity index (χ0v) is 18.4. The van der Waals surface area contributed by atoms with Crippen molar-refractivity contribution in [2.75, 3.05) is 0 Å². The van der Waals surface area contributed by atoms with Gasteiger partial charge in [0.25, 0.3) is 5.91 Å². The maximum atomic E-state index is 13.1. The molecule has 1 aromatic heterocycles. The minimum Gasteiger partial charge on any atom is -0.391 e. The average molecular weight is 416 g/mol. The van der Waals surface area contributed by atoms with Gasteiger partial charge >= 0.3 is 0 Å². The quantitative estimate of drug-likeness (QED) is 0.696. The second-order valence-electron chi connectivity index (χ2n) is 9.11. The van der Waals surface area contributed by atoms with Gasteiger partial charge in [0.05, 0.1) is 17.8 Å². The van der Waals surface area contributed by atoms with Gasteiger partial charge in [-0.05, 0) is 73.4 Å². The number of nitrogens with zero attached hydrogens (tertiary/aromatic N) is 3. The lowest BCUT2D eigenvalue weighted by Gasteiger charge is -2.26. The molecular weight excluding hydrogens is 386 g/mol. The van der Waals surface area contributed by atoms with Crippen LogP contribution in [0, 0.1) is 13.8 Å². The highest BCUT2D eigenvalue weighted by atomic mass is 16.3. The molecule has 2 atom stereocenters. The third kappa shape index (κ3) is 3.57. The van der Waals surface area contributed by atoms with Gasteiger partial charge < -0.3 is 10.0 Å². The van der Waals surface area contributed by atoms with Gasteiger partial charge in [-0.2, -0.15) is 5.10 Å². The molecule has 31 heavy (non-hydrogen) atoms. The number of amides is 1. The van der Waals surface area contributed by atoms with Crippen LogP contribution in [0.2, 0.25) is 0 Å². The van der Waals surface area contributed by atoms with Crippen LogP contribution in [0.4, 0.5) is 0 Å². The average Bonchev–Trinajstić information content (AvgIpc) is 3.40.